The summed E-state index contributed by atoms with van der Waals surface area (Å²) in [6.45, 7) is 4.69. The Bertz CT molecular complexity index is 725. The molecule has 0 amide bonds. The molecule has 0 radical (unpaired) electrons. The van der Waals surface area contributed by atoms with E-state index in [2.05, 4.69) is 15.3 Å². The lowest BCUT2D eigenvalue weighted by atomic mass is 10.0. The Labute approximate surface area is 149 Å². The maximum Gasteiger partial charge on any atom is 0.197 e. The normalized spacial score (nSPS) is 15.6. The van der Waals surface area contributed by atoms with Crippen LogP contribution in [-0.4, -0.2) is 22.4 Å². The molecule has 0 fully saturated rings. The Kier molecular flexibility index (Phi) is 5.19. The minimum atomic E-state index is -0.0944. The Hall–Kier alpha value is -1.17. The Balaban J connectivity index is 1.90. The van der Waals surface area contributed by atoms with Crippen molar-refractivity contribution in [2.24, 2.45) is 4.99 Å². The third kappa shape index (κ3) is 3.84. The zero-order chi connectivity index (χ0) is 16.4. The maximum absolute atomic E-state index is 6.41. The predicted molar refractivity (Wildman–Crippen MR) is 96.8 cm³/mol. The van der Waals surface area contributed by atoms with Crippen LogP contribution in [0.2, 0.25) is 10.0 Å². The van der Waals surface area contributed by atoms with E-state index in [0.29, 0.717) is 22.4 Å². The highest BCUT2D eigenvalue weighted by Gasteiger charge is 2.22. The lowest BCUT2D eigenvalue weighted by Crippen LogP contribution is -2.27. The number of aliphatic imine (C=N–C) groups is 1. The van der Waals surface area contributed by atoms with Crippen LogP contribution < -0.4 is 5.32 Å². The van der Waals surface area contributed by atoms with Gasteiger partial charge in [-0.25, -0.2) is 4.98 Å². The third-order valence-electron chi connectivity index (χ3n) is 3.69. The highest BCUT2D eigenvalue weighted by atomic mass is 35.5. The van der Waals surface area contributed by atoms with Gasteiger partial charge in [0, 0.05) is 12.2 Å². The van der Waals surface area contributed by atoms with Gasteiger partial charge in [-0.1, -0.05) is 47.1 Å². The second-order valence-electron chi connectivity index (χ2n) is 5.33. The largest absolute Gasteiger partial charge is 0.446 e. The van der Waals surface area contributed by atoms with Crippen molar-refractivity contribution in [2.75, 3.05) is 12.3 Å². The van der Waals surface area contributed by atoms with Crippen molar-refractivity contribution in [1.29, 1.82) is 0 Å². The molecule has 23 heavy (non-hydrogen) atoms. The summed E-state index contributed by atoms with van der Waals surface area (Å²) in [6.07, 6.45) is 0.578. The molecule has 1 aromatic heterocycles. The van der Waals surface area contributed by atoms with Crippen molar-refractivity contribution in [3.63, 3.8) is 0 Å². The van der Waals surface area contributed by atoms with Gasteiger partial charge in [0.1, 0.15) is 5.76 Å². The lowest BCUT2D eigenvalue weighted by molar-refractivity contribution is 0.445. The molecule has 1 N–H and O–H groups in total. The van der Waals surface area contributed by atoms with Crippen LogP contribution >= 0.6 is 35.0 Å². The van der Waals surface area contributed by atoms with Crippen molar-refractivity contribution >= 4 is 40.1 Å². The lowest BCUT2D eigenvalue weighted by Gasteiger charge is -2.20. The molecule has 4 nitrogen and oxygen atoms in total. The maximum atomic E-state index is 6.41. The van der Waals surface area contributed by atoms with Gasteiger partial charge in [-0.3, -0.25) is 4.99 Å². The molecule has 1 unspecified atom stereocenters. The summed E-state index contributed by atoms with van der Waals surface area (Å²) in [5, 5.41) is 5.46. The second kappa shape index (κ2) is 7.16. The number of aryl methyl sites for hydroxylation is 2. The summed E-state index contributed by atoms with van der Waals surface area (Å²) >= 11 is 14.3. The molecule has 122 valence electrons. The van der Waals surface area contributed by atoms with Gasteiger partial charge in [0.25, 0.3) is 0 Å². The van der Waals surface area contributed by atoms with E-state index in [9.17, 15) is 0 Å². The van der Waals surface area contributed by atoms with Crippen LogP contribution in [0, 0.1) is 13.8 Å². The van der Waals surface area contributed by atoms with Crippen molar-refractivity contribution in [3.8, 4) is 0 Å². The number of benzene rings is 1. The molecule has 7 heteroatoms. The Morgan fingerprint density at radius 3 is 2.83 bits per heavy atom. The summed E-state index contributed by atoms with van der Waals surface area (Å²) in [5.74, 6) is 2.51. The van der Waals surface area contributed by atoms with Gasteiger partial charge in [0.05, 0.1) is 28.3 Å². The van der Waals surface area contributed by atoms with Crippen LogP contribution in [0.1, 0.15) is 29.0 Å². The quantitative estimate of drug-likeness (QED) is 0.856. The number of hydrogen-bond acceptors (Lipinski definition) is 5. The minimum Gasteiger partial charge on any atom is -0.446 e. The van der Waals surface area contributed by atoms with E-state index in [1.807, 2.05) is 26.0 Å². The Morgan fingerprint density at radius 2 is 2.17 bits per heavy atom. The molecular formula is C16H17Cl2N3OS. The first-order valence-electron chi connectivity index (χ1n) is 7.35. The summed E-state index contributed by atoms with van der Waals surface area (Å²) in [7, 11) is 0. The molecule has 2 heterocycles. The monoisotopic (exact) mass is 369 g/mol. The fraction of sp³-hybridized carbons (Fsp3) is 0.375. The number of rotatable bonds is 4. The van der Waals surface area contributed by atoms with Gasteiger partial charge in [0.15, 0.2) is 11.1 Å². The highest BCUT2D eigenvalue weighted by Crippen LogP contribution is 2.32. The Morgan fingerprint density at radius 1 is 1.35 bits per heavy atom. The van der Waals surface area contributed by atoms with Gasteiger partial charge in [-0.05, 0) is 25.5 Å². The molecule has 0 bridgehead atoms. The SMILES string of the molecule is Cc1nc(CC(NC2=NCCS2)c2cccc(Cl)c2Cl)oc1C. The molecule has 3 rings (SSSR count). The van der Waals surface area contributed by atoms with Crippen molar-refractivity contribution in [3.05, 3.63) is 51.2 Å². The first-order valence-corrected chi connectivity index (χ1v) is 9.09. The number of thioether (sulfide) groups is 1. The van der Waals surface area contributed by atoms with Crippen LogP contribution in [0.25, 0.3) is 0 Å². The second-order valence-corrected chi connectivity index (χ2v) is 7.20. The molecule has 0 spiro atoms. The van der Waals surface area contributed by atoms with E-state index in [1.165, 1.54) is 0 Å². The standard InChI is InChI=1S/C16H17Cl2N3OS/c1-9-10(2)22-14(20-9)8-13(21-16-19-6-7-23-16)11-4-3-5-12(17)15(11)18/h3-5,13H,6-8H2,1-2H3,(H,19,21). The number of aromatic nitrogens is 1. The van der Waals surface area contributed by atoms with Crippen LogP contribution in [0.4, 0.5) is 0 Å². The number of halogens is 2. The minimum absolute atomic E-state index is 0.0944. The van der Waals surface area contributed by atoms with E-state index < -0.39 is 0 Å². The van der Waals surface area contributed by atoms with Crippen LogP contribution in [0.5, 0.6) is 0 Å². The average Bonchev–Trinajstić information content (AvgIpc) is 3.12. The first kappa shape index (κ1) is 16.7. The molecule has 1 aliphatic rings. The number of oxazole rings is 1. The fourth-order valence-corrected chi connectivity index (χ4v) is 3.62. The smallest absolute Gasteiger partial charge is 0.197 e. The molecule has 0 saturated carbocycles. The van der Waals surface area contributed by atoms with E-state index in [0.717, 1.165) is 34.5 Å². The fourth-order valence-electron chi connectivity index (χ4n) is 2.40. The van der Waals surface area contributed by atoms with Crippen LogP contribution in [-0.2, 0) is 6.42 Å². The van der Waals surface area contributed by atoms with Crippen molar-refractivity contribution in [2.45, 2.75) is 26.3 Å². The number of nitrogens with one attached hydrogen (secondary N) is 1. The molecule has 0 aliphatic carbocycles. The summed E-state index contributed by atoms with van der Waals surface area (Å²) in [6, 6.07) is 5.55. The van der Waals surface area contributed by atoms with Crippen molar-refractivity contribution < 1.29 is 4.42 Å². The van der Waals surface area contributed by atoms with Gasteiger partial charge in [0.2, 0.25) is 0 Å². The van der Waals surface area contributed by atoms with Gasteiger partial charge >= 0.3 is 0 Å². The predicted octanol–water partition coefficient (Wildman–Crippen LogP) is 4.57. The van der Waals surface area contributed by atoms with E-state index in [-0.39, 0.29) is 6.04 Å². The van der Waals surface area contributed by atoms with E-state index >= 15 is 0 Å². The zero-order valence-electron chi connectivity index (χ0n) is 12.9. The summed E-state index contributed by atoms with van der Waals surface area (Å²) < 4.78 is 5.73. The first-order chi connectivity index (χ1) is 11.0. The van der Waals surface area contributed by atoms with Gasteiger partial charge < -0.3 is 9.73 Å². The number of amidine groups is 1. The third-order valence-corrected chi connectivity index (χ3v) is 5.43. The van der Waals surface area contributed by atoms with E-state index in [4.69, 9.17) is 27.6 Å². The number of nitrogens with zero attached hydrogens (tertiary/aromatic N) is 2. The average molecular weight is 370 g/mol. The van der Waals surface area contributed by atoms with Gasteiger partial charge in [-0.2, -0.15) is 0 Å². The van der Waals surface area contributed by atoms with E-state index in [1.54, 1.807) is 17.8 Å². The topological polar surface area (TPSA) is 50.4 Å². The molecule has 1 atom stereocenters. The number of hydrogen-bond donors (Lipinski definition) is 1. The van der Waals surface area contributed by atoms with Crippen molar-refractivity contribution in [1.82, 2.24) is 10.3 Å². The molecule has 1 aromatic carbocycles. The molecular weight excluding hydrogens is 353 g/mol. The summed E-state index contributed by atoms with van der Waals surface area (Å²) in [5.41, 5.74) is 1.83. The van der Waals surface area contributed by atoms with Crippen LogP contribution in [0.3, 0.4) is 0 Å². The van der Waals surface area contributed by atoms with Gasteiger partial charge in [-0.15, -0.1) is 0 Å². The highest BCUT2D eigenvalue weighted by molar-refractivity contribution is 8.14. The van der Waals surface area contributed by atoms with Crippen LogP contribution in [0.15, 0.2) is 27.6 Å². The summed E-state index contributed by atoms with van der Waals surface area (Å²) in [4.78, 5) is 8.93. The molecule has 0 saturated heterocycles. The molecule has 2 aromatic rings. The zero-order valence-corrected chi connectivity index (χ0v) is 15.2. The molecule has 1 aliphatic heterocycles.